The fraction of sp³-hybridized carbons (Fsp3) is 0.650. The predicted octanol–water partition coefficient (Wildman–Crippen LogP) is 1.11. The van der Waals surface area contributed by atoms with Gasteiger partial charge < -0.3 is 19.9 Å². The number of amides is 2. The highest BCUT2D eigenvalue weighted by molar-refractivity contribution is 5.86. The highest BCUT2D eigenvalue weighted by atomic mass is 16.5. The highest BCUT2D eigenvalue weighted by Gasteiger charge is 2.47. The average molecular weight is 372 g/mol. The number of carbonyl (C=O) groups is 2. The lowest BCUT2D eigenvalue weighted by atomic mass is 9.98. The second-order valence-electron chi connectivity index (χ2n) is 7.69. The number of morpholine rings is 1. The van der Waals surface area contributed by atoms with E-state index in [4.69, 9.17) is 4.74 Å². The zero-order valence-corrected chi connectivity index (χ0v) is 15.7. The Labute approximate surface area is 160 Å². The van der Waals surface area contributed by atoms with Crippen LogP contribution in [0.5, 0.6) is 0 Å². The third-order valence-electron chi connectivity index (χ3n) is 5.66. The number of carbonyl (C=O) groups excluding carboxylic acids is 2. The van der Waals surface area contributed by atoms with Gasteiger partial charge >= 0.3 is 0 Å². The largest absolute Gasteiger partial charge is 0.356 e. The van der Waals surface area contributed by atoms with Crippen molar-refractivity contribution in [3.05, 3.63) is 30.1 Å². The van der Waals surface area contributed by atoms with Gasteiger partial charge in [-0.3, -0.25) is 14.6 Å². The Morgan fingerprint density at radius 3 is 2.78 bits per heavy atom. The number of aromatic nitrogens is 1. The zero-order chi connectivity index (χ0) is 18.6. The van der Waals surface area contributed by atoms with Gasteiger partial charge in [0, 0.05) is 31.5 Å². The van der Waals surface area contributed by atoms with E-state index in [1.807, 2.05) is 17.0 Å². The summed E-state index contributed by atoms with van der Waals surface area (Å²) in [6, 6.07) is 3.58. The van der Waals surface area contributed by atoms with Gasteiger partial charge in [-0.2, -0.15) is 0 Å². The molecule has 3 fully saturated rings. The summed E-state index contributed by atoms with van der Waals surface area (Å²) in [5.74, 6) is -0.178. The molecule has 2 saturated heterocycles. The first kappa shape index (κ1) is 18.4. The van der Waals surface area contributed by atoms with Crippen LogP contribution in [-0.4, -0.2) is 71.5 Å². The lowest BCUT2D eigenvalue weighted by Gasteiger charge is -2.40. The molecule has 4 rings (SSSR count). The molecule has 7 nitrogen and oxygen atoms in total. The summed E-state index contributed by atoms with van der Waals surface area (Å²) in [7, 11) is 0. The molecule has 1 aromatic rings. The molecule has 2 amide bonds. The highest BCUT2D eigenvalue weighted by Crippen LogP contribution is 2.39. The first-order chi connectivity index (χ1) is 13.2. The Morgan fingerprint density at radius 1 is 1.26 bits per heavy atom. The van der Waals surface area contributed by atoms with E-state index < -0.39 is 12.1 Å². The Bertz CT molecular complexity index is 658. The SMILES string of the molecule is O=C(NCCN1CCCCC1)[C@H]1OCC(=O)N(C2CC2)[C@@H]1c1cccnc1. The maximum absolute atomic E-state index is 12.9. The van der Waals surface area contributed by atoms with Crippen LogP contribution in [0.25, 0.3) is 0 Å². The summed E-state index contributed by atoms with van der Waals surface area (Å²) in [6.07, 6.45) is 8.51. The molecule has 3 aliphatic rings. The monoisotopic (exact) mass is 372 g/mol. The fourth-order valence-corrected chi connectivity index (χ4v) is 4.14. The standard InChI is InChI=1S/C20H28N4O3/c25-17-14-27-19(20(26)22-9-12-23-10-2-1-3-11-23)18(24(17)16-6-7-16)15-5-4-8-21-13-15/h4-5,8,13,16,18-19H,1-3,6-7,9-12,14H2,(H,22,26)/t18-,19+/m1/s1. The van der Waals surface area contributed by atoms with Gasteiger partial charge in [0.1, 0.15) is 6.61 Å². The van der Waals surface area contributed by atoms with Crippen molar-refractivity contribution >= 4 is 11.8 Å². The van der Waals surface area contributed by atoms with Crippen LogP contribution in [0, 0.1) is 0 Å². The number of rotatable bonds is 6. The second kappa shape index (κ2) is 8.35. The lowest BCUT2D eigenvalue weighted by molar-refractivity contribution is -0.165. The van der Waals surface area contributed by atoms with Gasteiger partial charge in [-0.15, -0.1) is 0 Å². The predicted molar refractivity (Wildman–Crippen MR) is 99.9 cm³/mol. The van der Waals surface area contributed by atoms with Crippen molar-refractivity contribution in [1.29, 1.82) is 0 Å². The van der Waals surface area contributed by atoms with Crippen molar-refractivity contribution in [1.82, 2.24) is 20.1 Å². The molecule has 0 bridgehead atoms. The van der Waals surface area contributed by atoms with E-state index in [0.29, 0.717) is 6.54 Å². The summed E-state index contributed by atoms with van der Waals surface area (Å²) >= 11 is 0. The molecule has 2 atom stereocenters. The van der Waals surface area contributed by atoms with E-state index in [1.54, 1.807) is 12.4 Å². The number of likely N-dealkylation sites (tertiary alicyclic amines) is 1. The normalized spacial score (nSPS) is 26.8. The van der Waals surface area contributed by atoms with Gasteiger partial charge in [0.25, 0.3) is 5.91 Å². The summed E-state index contributed by atoms with van der Waals surface area (Å²) in [6.45, 7) is 3.66. The van der Waals surface area contributed by atoms with Gasteiger partial charge in [-0.1, -0.05) is 12.5 Å². The minimum absolute atomic E-state index is 0.0303. The molecule has 1 aliphatic carbocycles. The van der Waals surface area contributed by atoms with Crippen molar-refractivity contribution in [2.45, 2.75) is 50.3 Å². The van der Waals surface area contributed by atoms with Crippen LogP contribution >= 0.6 is 0 Å². The molecule has 2 aliphatic heterocycles. The summed E-state index contributed by atoms with van der Waals surface area (Å²) in [4.78, 5) is 33.8. The number of nitrogens with zero attached hydrogens (tertiary/aromatic N) is 3. The third kappa shape index (κ3) is 4.30. The Kier molecular flexibility index (Phi) is 5.69. The van der Waals surface area contributed by atoms with E-state index in [9.17, 15) is 9.59 Å². The molecular weight excluding hydrogens is 344 g/mol. The number of hydrogen-bond donors (Lipinski definition) is 1. The minimum Gasteiger partial charge on any atom is -0.356 e. The number of hydrogen-bond acceptors (Lipinski definition) is 5. The molecule has 0 aromatic carbocycles. The van der Waals surface area contributed by atoms with Crippen LogP contribution < -0.4 is 5.32 Å². The summed E-state index contributed by atoms with van der Waals surface area (Å²) in [5, 5.41) is 3.03. The molecule has 1 aromatic heterocycles. The van der Waals surface area contributed by atoms with Crippen molar-refractivity contribution in [2.24, 2.45) is 0 Å². The number of ether oxygens (including phenoxy) is 1. The van der Waals surface area contributed by atoms with Crippen molar-refractivity contribution < 1.29 is 14.3 Å². The average Bonchev–Trinajstić information content (AvgIpc) is 3.54. The zero-order valence-electron chi connectivity index (χ0n) is 15.7. The first-order valence-corrected chi connectivity index (χ1v) is 10.1. The molecule has 1 N–H and O–H groups in total. The summed E-state index contributed by atoms with van der Waals surface area (Å²) < 4.78 is 5.73. The van der Waals surface area contributed by atoms with E-state index in [2.05, 4.69) is 15.2 Å². The van der Waals surface area contributed by atoms with E-state index in [-0.39, 0.29) is 24.5 Å². The number of nitrogens with one attached hydrogen (secondary N) is 1. The van der Waals surface area contributed by atoms with Crippen LogP contribution in [0.15, 0.2) is 24.5 Å². The molecular formula is C20H28N4O3. The van der Waals surface area contributed by atoms with Gasteiger partial charge in [-0.05, 0) is 50.4 Å². The molecule has 0 spiro atoms. The van der Waals surface area contributed by atoms with Crippen LogP contribution in [0.2, 0.25) is 0 Å². The molecule has 3 heterocycles. The molecule has 0 radical (unpaired) electrons. The van der Waals surface area contributed by atoms with Gasteiger partial charge in [0.15, 0.2) is 6.10 Å². The van der Waals surface area contributed by atoms with Gasteiger partial charge in [-0.25, -0.2) is 0 Å². The Morgan fingerprint density at radius 2 is 2.07 bits per heavy atom. The minimum atomic E-state index is -0.686. The van der Waals surface area contributed by atoms with Crippen LogP contribution in [0.3, 0.4) is 0 Å². The second-order valence-corrected chi connectivity index (χ2v) is 7.69. The van der Waals surface area contributed by atoms with Crippen LogP contribution in [-0.2, 0) is 14.3 Å². The molecule has 146 valence electrons. The Balaban J connectivity index is 1.44. The van der Waals surface area contributed by atoms with Crippen LogP contribution in [0.4, 0.5) is 0 Å². The molecule has 0 unspecified atom stereocenters. The topological polar surface area (TPSA) is 74.8 Å². The smallest absolute Gasteiger partial charge is 0.251 e. The van der Waals surface area contributed by atoms with Crippen LogP contribution in [0.1, 0.15) is 43.7 Å². The maximum Gasteiger partial charge on any atom is 0.251 e. The van der Waals surface area contributed by atoms with Crippen molar-refractivity contribution in [2.75, 3.05) is 32.8 Å². The number of pyridine rings is 1. The number of piperidine rings is 1. The molecule has 27 heavy (non-hydrogen) atoms. The fourth-order valence-electron chi connectivity index (χ4n) is 4.14. The quantitative estimate of drug-likeness (QED) is 0.810. The van der Waals surface area contributed by atoms with E-state index in [1.165, 1.54) is 19.3 Å². The molecule has 7 heteroatoms. The van der Waals surface area contributed by atoms with Gasteiger partial charge in [0.05, 0.1) is 6.04 Å². The summed E-state index contributed by atoms with van der Waals surface area (Å²) in [5.41, 5.74) is 0.855. The van der Waals surface area contributed by atoms with E-state index >= 15 is 0 Å². The maximum atomic E-state index is 12.9. The lowest BCUT2D eigenvalue weighted by Crippen LogP contribution is -2.55. The third-order valence-corrected chi connectivity index (χ3v) is 5.66. The first-order valence-electron chi connectivity index (χ1n) is 10.1. The molecule has 1 saturated carbocycles. The van der Waals surface area contributed by atoms with Crippen molar-refractivity contribution in [3.63, 3.8) is 0 Å². The Hall–Kier alpha value is -1.99. The van der Waals surface area contributed by atoms with Crippen molar-refractivity contribution in [3.8, 4) is 0 Å². The van der Waals surface area contributed by atoms with Gasteiger partial charge in [0.2, 0.25) is 5.91 Å². The van der Waals surface area contributed by atoms with E-state index in [0.717, 1.165) is 38.0 Å².